The van der Waals surface area contributed by atoms with Crippen LogP contribution in [0, 0.1) is 23.0 Å². The van der Waals surface area contributed by atoms with Crippen molar-refractivity contribution < 1.29 is 9.72 Å². The molecule has 1 saturated carbocycles. The average Bonchev–Trinajstić information content (AvgIpc) is 2.93. The Labute approximate surface area is 124 Å². The fraction of sp³-hybridized carbons (Fsp3) is 0.533. The van der Waals surface area contributed by atoms with Gasteiger partial charge in [0.1, 0.15) is 0 Å². The van der Waals surface area contributed by atoms with Crippen LogP contribution < -0.4 is 5.73 Å². The second kappa shape index (κ2) is 6.22. The zero-order chi connectivity index (χ0) is 15.6. The number of carbonyl (C=O) groups is 1. The first-order chi connectivity index (χ1) is 9.93. The van der Waals surface area contributed by atoms with Crippen LogP contribution in [0.25, 0.3) is 0 Å². The number of non-ortho nitro benzene ring substituents is 1. The lowest BCUT2D eigenvalue weighted by molar-refractivity contribution is -0.384. The number of nitrogens with two attached hydrogens (primary N) is 1. The van der Waals surface area contributed by atoms with E-state index in [1.807, 2.05) is 0 Å². The van der Waals surface area contributed by atoms with Crippen LogP contribution in [0.5, 0.6) is 0 Å². The van der Waals surface area contributed by atoms with Crippen molar-refractivity contribution >= 4 is 11.6 Å². The molecule has 0 spiro atoms. The van der Waals surface area contributed by atoms with Crippen molar-refractivity contribution in [2.24, 2.45) is 11.7 Å². The van der Waals surface area contributed by atoms with Crippen LogP contribution in [0.1, 0.15) is 35.2 Å². The molecule has 1 aliphatic rings. The number of nitro benzene ring substituents is 1. The van der Waals surface area contributed by atoms with Crippen molar-refractivity contribution in [3.05, 3.63) is 39.4 Å². The molecule has 21 heavy (non-hydrogen) atoms. The SMILES string of the molecule is Cc1cc(C(=O)N(C)C2CCCC2CN)cc([N+](=O)[O-])c1. The molecule has 1 aliphatic carbocycles. The summed E-state index contributed by atoms with van der Waals surface area (Å²) in [7, 11) is 1.76. The van der Waals surface area contributed by atoms with E-state index in [1.54, 1.807) is 24.9 Å². The lowest BCUT2D eigenvalue weighted by Crippen LogP contribution is -2.41. The van der Waals surface area contributed by atoms with Gasteiger partial charge in [-0.05, 0) is 43.9 Å². The molecule has 0 aromatic heterocycles. The van der Waals surface area contributed by atoms with Crippen LogP contribution in [-0.4, -0.2) is 35.4 Å². The molecule has 2 atom stereocenters. The maximum absolute atomic E-state index is 12.6. The largest absolute Gasteiger partial charge is 0.338 e. The summed E-state index contributed by atoms with van der Waals surface area (Å²) in [4.78, 5) is 24.7. The highest BCUT2D eigenvalue weighted by molar-refractivity contribution is 5.95. The van der Waals surface area contributed by atoms with Gasteiger partial charge in [-0.25, -0.2) is 0 Å². The number of benzene rings is 1. The van der Waals surface area contributed by atoms with Crippen molar-refractivity contribution in [2.75, 3.05) is 13.6 Å². The van der Waals surface area contributed by atoms with Gasteiger partial charge in [0.2, 0.25) is 0 Å². The number of aryl methyl sites for hydroxylation is 1. The van der Waals surface area contributed by atoms with Crippen LogP contribution >= 0.6 is 0 Å². The van der Waals surface area contributed by atoms with Crippen LogP contribution in [0.4, 0.5) is 5.69 Å². The molecule has 0 radical (unpaired) electrons. The average molecular weight is 291 g/mol. The van der Waals surface area contributed by atoms with Crippen LogP contribution in [0.15, 0.2) is 18.2 Å². The smallest absolute Gasteiger partial charge is 0.270 e. The van der Waals surface area contributed by atoms with Gasteiger partial charge in [-0.3, -0.25) is 14.9 Å². The summed E-state index contributed by atoms with van der Waals surface area (Å²) in [5, 5.41) is 10.9. The summed E-state index contributed by atoms with van der Waals surface area (Å²) in [6.07, 6.45) is 3.04. The molecule has 0 saturated heterocycles. The minimum absolute atomic E-state index is 0.0476. The number of rotatable bonds is 4. The molecule has 0 heterocycles. The number of nitrogens with zero attached hydrogens (tertiary/aromatic N) is 2. The summed E-state index contributed by atoms with van der Waals surface area (Å²) in [6.45, 7) is 2.32. The molecule has 2 N–H and O–H groups in total. The molecule has 114 valence electrons. The zero-order valence-electron chi connectivity index (χ0n) is 12.4. The van der Waals surface area contributed by atoms with E-state index in [0.717, 1.165) is 19.3 Å². The molecular weight excluding hydrogens is 270 g/mol. The molecule has 2 unspecified atom stereocenters. The molecule has 2 rings (SSSR count). The van der Waals surface area contributed by atoms with E-state index in [1.165, 1.54) is 12.1 Å². The van der Waals surface area contributed by atoms with Crippen LogP contribution in [-0.2, 0) is 0 Å². The van der Waals surface area contributed by atoms with E-state index in [9.17, 15) is 14.9 Å². The van der Waals surface area contributed by atoms with Gasteiger partial charge in [0, 0.05) is 30.8 Å². The van der Waals surface area contributed by atoms with E-state index in [4.69, 9.17) is 5.73 Å². The number of hydrogen-bond donors (Lipinski definition) is 1. The third kappa shape index (κ3) is 3.21. The minimum Gasteiger partial charge on any atom is -0.338 e. The Kier molecular flexibility index (Phi) is 4.57. The first kappa shape index (κ1) is 15.4. The van der Waals surface area contributed by atoms with E-state index < -0.39 is 4.92 Å². The summed E-state index contributed by atoms with van der Waals surface area (Å²) >= 11 is 0. The molecule has 0 aliphatic heterocycles. The van der Waals surface area contributed by atoms with Gasteiger partial charge in [-0.1, -0.05) is 6.42 Å². The number of amides is 1. The lowest BCUT2D eigenvalue weighted by atomic mass is 10.0. The fourth-order valence-electron chi connectivity index (χ4n) is 3.15. The second-order valence-electron chi connectivity index (χ2n) is 5.72. The Balaban J connectivity index is 2.25. The van der Waals surface area contributed by atoms with Crippen molar-refractivity contribution in [3.63, 3.8) is 0 Å². The van der Waals surface area contributed by atoms with Gasteiger partial charge in [0.05, 0.1) is 4.92 Å². The first-order valence-electron chi connectivity index (χ1n) is 7.17. The minimum atomic E-state index is -0.470. The molecule has 0 bridgehead atoms. The highest BCUT2D eigenvalue weighted by atomic mass is 16.6. The Morgan fingerprint density at radius 1 is 1.43 bits per heavy atom. The van der Waals surface area contributed by atoms with E-state index >= 15 is 0 Å². The first-order valence-corrected chi connectivity index (χ1v) is 7.17. The van der Waals surface area contributed by atoms with Gasteiger partial charge in [0.25, 0.3) is 11.6 Å². The topological polar surface area (TPSA) is 89.5 Å². The maximum Gasteiger partial charge on any atom is 0.270 e. The summed E-state index contributed by atoms with van der Waals surface area (Å²) < 4.78 is 0. The maximum atomic E-state index is 12.6. The van der Waals surface area contributed by atoms with Crippen molar-refractivity contribution in [3.8, 4) is 0 Å². The van der Waals surface area contributed by atoms with Crippen LogP contribution in [0.3, 0.4) is 0 Å². The van der Waals surface area contributed by atoms with Crippen molar-refractivity contribution in [2.45, 2.75) is 32.2 Å². The molecule has 1 aromatic rings. The quantitative estimate of drug-likeness (QED) is 0.679. The third-order valence-corrected chi connectivity index (χ3v) is 4.26. The Morgan fingerprint density at radius 2 is 2.14 bits per heavy atom. The molecular formula is C15H21N3O3. The molecule has 1 amide bonds. The Bertz CT molecular complexity index is 559. The third-order valence-electron chi connectivity index (χ3n) is 4.26. The molecule has 1 aromatic carbocycles. The Morgan fingerprint density at radius 3 is 2.76 bits per heavy atom. The van der Waals surface area contributed by atoms with E-state index in [0.29, 0.717) is 23.6 Å². The summed E-state index contributed by atoms with van der Waals surface area (Å²) in [5.41, 5.74) is 6.79. The predicted molar refractivity (Wildman–Crippen MR) is 80.1 cm³/mol. The number of nitro groups is 1. The van der Waals surface area contributed by atoms with E-state index in [2.05, 4.69) is 0 Å². The second-order valence-corrected chi connectivity index (χ2v) is 5.72. The molecule has 1 fully saturated rings. The van der Waals surface area contributed by atoms with Crippen molar-refractivity contribution in [1.29, 1.82) is 0 Å². The summed E-state index contributed by atoms with van der Waals surface area (Å²) in [5.74, 6) is 0.144. The number of hydrogen-bond acceptors (Lipinski definition) is 4. The van der Waals surface area contributed by atoms with E-state index in [-0.39, 0.29) is 17.6 Å². The van der Waals surface area contributed by atoms with Crippen molar-refractivity contribution in [1.82, 2.24) is 4.90 Å². The monoisotopic (exact) mass is 291 g/mol. The van der Waals surface area contributed by atoms with Gasteiger partial charge in [0.15, 0.2) is 0 Å². The zero-order valence-corrected chi connectivity index (χ0v) is 12.4. The summed E-state index contributed by atoms with van der Waals surface area (Å²) in [6, 6.07) is 4.63. The van der Waals surface area contributed by atoms with Gasteiger partial charge >= 0.3 is 0 Å². The lowest BCUT2D eigenvalue weighted by Gasteiger charge is -2.29. The van der Waals surface area contributed by atoms with Gasteiger partial charge in [-0.15, -0.1) is 0 Å². The normalized spacial score (nSPS) is 21.3. The van der Waals surface area contributed by atoms with Gasteiger partial charge in [-0.2, -0.15) is 0 Å². The molecule has 6 nitrogen and oxygen atoms in total. The molecule has 6 heteroatoms. The predicted octanol–water partition coefficient (Wildman–Crippen LogP) is 2.10. The fourth-order valence-corrected chi connectivity index (χ4v) is 3.15. The number of carbonyl (C=O) groups excluding carboxylic acids is 1. The highest BCUT2D eigenvalue weighted by Crippen LogP contribution is 2.29. The van der Waals surface area contributed by atoms with Gasteiger partial charge < -0.3 is 10.6 Å². The van der Waals surface area contributed by atoms with Crippen LogP contribution in [0.2, 0.25) is 0 Å². The Hall–Kier alpha value is -1.95. The standard InChI is InChI=1S/C15H21N3O3/c1-10-6-12(8-13(7-10)18(20)21)15(19)17(2)14-5-3-4-11(14)9-16/h6-8,11,14H,3-5,9,16H2,1-2H3. The highest BCUT2D eigenvalue weighted by Gasteiger charge is 2.32.